The van der Waals surface area contributed by atoms with Gasteiger partial charge in [0.15, 0.2) is 5.78 Å². The maximum atomic E-state index is 13.7. The molecule has 1 aliphatic heterocycles. The Bertz CT molecular complexity index is 917. The summed E-state index contributed by atoms with van der Waals surface area (Å²) in [4.78, 5) is 40.4. The SMILES string of the molecule is NNC(=O)CC(CCCc1ccccc1)C(=O)C(Cc1ccccc1)NC(=O)N1CCOCC1. The molecule has 3 amide bonds. The van der Waals surface area contributed by atoms with Crippen molar-refractivity contribution in [3.8, 4) is 0 Å². The number of amides is 3. The molecule has 0 aliphatic carbocycles. The minimum absolute atomic E-state index is 0.0111. The topological polar surface area (TPSA) is 114 Å². The van der Waals surface area contributed by atoms with Gasteiger partial charge in [-0.1, -0.05) is 60.7 Å². The normalized spacial score (nSPS) is 15.3. The molecule has 1 heterocycles. The van der Waals surface area contributed by atoms with Crippen LogP contribution in [0.15, 0.2) is 60.7 Å². The van der Waals surface area contributed by atoms with E-state index in [0.717, 1.165) is 18.4 Å². The van der Waals surface area contributed by atoms with Crippen molar-refractivity contribution in [2.24, 2.45) is 11.8 Å². The molecule has 0 aromatic heterocycles. The molecule has 34 heavy (non-hydrogen) atoms. The molecule has 1 aliphatic rings. The third-order valence-electron chi connectivity index (χ3n) is 6.08. The van der Waals surface area contributed by atoms with Crippen LogP contribution in [-0.2, 0) is 27.2 Å². The van der Waals surface area contributed by atoms with Crippen LogP contribution in [0, 0.1) is 5.92 Å². The number of benzene rings is 2. The average Bonchev–Trinajstić information content (AvgIpc) is 2.89. The molecule has 1 saturated heterocycles. The molecule has 4 N–H and O–H groups in total. The Hall–Kier alpha value is -3.23. The van der Waals surface area contributed by atoms with Crippen molar-refractivity contribution in [3.05, 3.63) is 71.8 Å². The van der Waals surface area contributed by atoms with E-state index >= 15 is 0 Å². The molecule has 0 spiro atoms. The van der Waals surface area contributed by atoms with Crippen molar-refractivity contribution in [3.63, 3.8) is 0 Å². The van der Waals surface area contributed by atoms with Gasteiger partial charge < -0.3 is 15.0 Å². The summed E-state index contributed by atoms with van der Waals surface area (Å²) in [6.07, 6.45) is 2.42. The van der Waals surface area contributed by atoms with Crippen LogP contribution in [0.3, 0.4) is 0 Å². The van der Waals surface area contributed by atoms with Gasteiger partial charge in [0, 0.05) is 25.4 Å². The molecular weight excluding hydrogens is 432 g/mol. The van der Waals surface area contributed by atoms with Crippen molar-refractivity contribution >= 4 is 17.7 Å². The fraction of sp³-hybridized carbons (Fsp3) is 0.423. The van der Waals surface area contributed by atoms with Gasteiger partial charge in [0.2, 0.25) is 5.91 Å². The highest BCUT2D eigenvalue weighted by atomic mass is 16.5. The smallest absolute Gasteiger partial charge is 0.318 e. The second kappa shape index (κ2) is 13.5. The molecule has 2 aromatic rings. The van der Waals surface area contributed by atoms with Crippen LogP contribution < -0.4 is 16.6 Å². The summed E-state index contributed by atoms with van der Waals surface area (Å²) in [6.45, 7) is 1.91. The van der Waals surface area contributed by atoms with E-state index in [-0.39, 0.29) is 18.2 Å². The van der Waals surface area contributed by atoms with E-state index < -0.39 is 17.9 Å². The quantitative estimate of drug-likeness (QED) is 0.267. The molecule has 2 atom stereocenters. The van der Waals surface area contributed by atoms with Gasteiger partial charge in [-0.2, -0.15) is 0 Å². The summed E-state index contributed by atoms with van der Waals surface area (Å²) in [5.74, 6) is 4.23. The van der Waals surface area contributed by atoms with Crippen molar-refractivity contribution in [2.45, 2.75) is 38.1 Å². The van der Waals surface area contributed by atoms with Crippen molar-refractivity contribution in [2.75, 3.05) is 26.3 Å². The predicted octanol–water partition coefficient (Wildman–Crippen LogP) is 2.23. The molecule has 8 heteroatoms. The predicted molar refractivity (Wildman–Crippen MR) is 130 cm³/mol. The Labute approximate surface area is 200 Å². The molecular formula is C26H34N4O4. The molecule has 2 unspecified atom stereocenters. The van der Waals surface area contributed by atoms with Gasteiger partial charge in [-0.25, -0.2) is 10.6 Å². The number of nitrogens with one attached hydrogen (secondary N) is 2. The number of nitrogens with two attached hydrogens (primary N) is 1. The number of rotatable bonds is 11. The van der Waals surface area contributed by atoms with Gasteiger partial charge in [-0.05, 0) is 36.8 Å². The Morgan fingerprint density at radius 3 is 2.18 bits per heavy atom. The third kappa shape index (κ3) is 7.97. The molecule has 1 fully saturated rings. The van der Waals surface area contributed by atoms with E-state index in [1.165, 1.54) is 5.56 Å². The molecule has 8 nitrogen and oxygen atoms in total. The van der Waals surface area contributed by atoms with Crippen molar-refractivity contribution in [1.29, 1.82) is 0 Å². The number of morpholine rings is 1. The van der Waals surface area contributed by atoms with Gasteiger partial charge in [0.05, 0.1) is 19.3 Å². The first-order valence-electron chi connectivity index (χ1n) is 11.8. The second-order valence-electron chi connectivity index (χ2n) is 8.54. The number of carbonyl (C=O) groups is 3. The summed E-state index contributed by atoms with van der Waals surface area (Å²) < 4.78 is 5.33. The Morgan fingerprint density at radius 1 is 0.941 bits per heavy atom. The lowest BCUT2D eigenvalue weighted by atomic mass is 9.87. The zero-order valence-electron chi connectivity index (χ0n) is 19.4. The van der Waals surface area contributed by atoms with E-state index in [9.17, 15) is 14.4 Å². The lowest BCUT2D eigenvalue weighted by molar-refractivity contribution is -0.130. The lowest BCUT2D eigenvalue weighted by Gasteiger charge is -2.30. The molecule has 3 rings (SSSR count). The molecule has 182 valence electrons. The number of urea groups is 1. The van der Waals surface area contributed by atoms with Gasteiger partial charge in [-0.15, -0.1) is 0 Å². The van der Waals surface area contributed by atoms with E-state index in [1.54, 1.807) is 4.90 Å². The van der Waals surface area contributed by atoms with Gasteiger partial charge in [0.25, 0.3) is 0 Å². The fourth-order valence-electron chi connectivity index (χ4n) is 4.19. The van der Waals surface area contributed by atoms with Gasteiger partial charge >= 0.3 is 6.03 Å². The van der Waals surface area contributed by atoms with E-state index in [4.69, 9.17) is 10.6 Å². The highest BCUT2D eigenvalue weighted by Gasteiger charge is 2.31. The lowest BCUT2D eigenvalue weighted by Crippen LogP contribution is -2.53. The first-order chi connectivity index (χ1) is 16.6. The minimum Gasteiger partial charge on any atom is -0.378 e. The molecule has 2 aromatic carbocycles. The maximum Gasteiger partial charge on any atom is 0.318 e. The average molecular weight is 467 g/mol. The van der Waals surface area contributed by atoms with E-state index in [1.807, 2.05) is 60.7 Å². The number of Topliss-reactive ketones (excluding diaryl/α,β-unsaturated/α-hetero) is 1. The highest BCUT2D eigenvalue weighted by molar-refractivity contribution is 5.93. The van der Waals surface area contributed by atoms with Crippen LogP contribution in [0.5, 0.6) is 0 Å². The van der Waals surface area contributed by atoms with Gasteiger partial charge in [-0.3, -0.25) is 15.0 Å². The summed E-state index contributed by atoms with van der Waals surface area (Å²) in [5, 5.41) is 2.93. The standard InChI is InChI=1S/C26H34N4O4/c27-29-24(31)19-22(13-7-12-20-8-3-1-4-9-20)25(32)23(18-21-10-5-2-6-11-21)28-26(33)30-14-16-34-17-15-30/h1-6,8-11,22-23H,7,12-19,27H2,(H,28,33)(H,29,31). The number of ketones is 1. The Kier molecular flexibility index (Phi) is 10.1. The Morgan fingerprint density at radius 2 is 1.56 bits per heavy atom. The number of carbonyl (C=O) groups excluding carboxylic acids is 3. The largest absolute Gasteiger partial charge is 0.378 e. The zero-order valence-corrected chi connectivity index (χ0v) is 19.4. The second-order valence-corrected chi connectivity index (χ2v) is 8.54. The van der Waals surface area contributed by atoms with E-state index in [0.29, 0.717) is 39.1 Å². The van der Waals surface area contributed by atoms with Crippen LogP contribution in [0.25, 0.3) is 0 Å². The van der Waals surface area contributed by atoms with Crippen LogP contribution in [-0.4, -0.2) is 55.0 Å². The number of hydrogen-bond acceptors (Lipinski definition) is 5. The van der Waals surface area contributed by atoms with Crippen LogP contribution >= 0.6 is 0 Å². The van der Waals surface area contributed by atoms with Gasteiger partial charge in [0.1, 0.15) is 0 Å². The molecule has 0 saturated carbocycles. The first kappa shape index (κ1) is 25.4. The number of aryl methyl sites for hydroxylation is 1. The fourth-order valence-corrected chi connectivity index (χ4v) is 4.19. The Balaban J connectivity index is 1.73. The third-order valence-corrected chi connectivity index (χ3v) is 6.08. The maximum absolute atomic E-state index is 13.7. The van der Waals surface area contributed by atoms with Crippen LogP contribution in [0.4, 0.5) is 4.79 Å². The zero-order chi connectivity index (χ0) is 24.2. The summed E-state index contributed by atoms with van der Waals surface area (Å²) in [6, 6.07) is 18.6. The number of hydrazine groups is 1. The van der Waals surface area contributed by atoms with E-state index in [2.05, 4.69) is 10.7 Å². The summed E-state index contributed by atoms with van der Waals surface area (Å²) >= 11 is 0. The van der Waals surface area contributed by atoms with Crippen LogP contribution in [0.2, 0.25) is 0 Å². The minimum atomic E-state index is -0.745. The molecule has 0 radical (unpaired) electrons. The molecule has 0 bridgehead atoms. The van der Waals surface area contributed by atoms with Crippen LogP contribution in [0.1, 0.15) is 30.4 Å². The van der Waals surface area contributed by atoms with Crippen molar-refractivity contribution < 1.29 is 19.1 Å². The highest BCUT2D eigenvalue weighted by Crippen LogP contribution is 2.19. The number of nitrogens with zero attached hydrogens (tertiary/aromatic N) is 1. The number of ether oxygens (including phenoxy) is 1. The first-order valence-corrected chi connectivity index (χ1v) is 11.8. The summed E-state index contributed by atoms with van der Waals surface area (Å²) in [7, 11) is 0. The number of hydrogen-bond donors (Lipinski definition) is 3. The van der Waals surface area contributed by atoms with Crippen molar-refractivity contribution in [1.82, 2.24) is 15.6 Å². The summed E-state index contributed by atoms with van der Waals surface area (Å²) in [5.41, 5.74) is 4.26. The monoisotopic (exact) mass is 466 g/mol.